The SMILES string of the molecule is CC1=CC(CCC(C)[C@H]2CCC3[C@@H](C)CCC[C@@]32C)COC1=O. The first-order valence-corrected chi connectivity index (χ1v) is 9.77. The van der Waals surface area contributed by atoms with E-state index in [2.05, 4.69) is 26.8 Å². The van der Waals surface area contributed by atoms with Crippen molar-refractivity contribution < 1.29 is 9.53 Å². The molecule has 130 valence electrons. The summed E-state index contributed by atoms with van der Waals surface area (Å²) in [5.74, 6) is 3.88. The number of hydrogen-bond acceptors (Lipinski definition) is 2. The number of esters is 1. The fraction of sp³-hybridized carbons (Fsp3) is 0.857. The van der Waals surface area contributed by atoms with Crippen LogP contribution in [-0.2, 0) is 9.53 Å². The molecule has 6 atom stereocenters. The Labute approximate surface area is 142 Å². The Kier molecular flexibility index (Phi) is 4.90. The van der Waals surface area contributed by atoms with Crippen molar-refractivity contribution in [3.8, 4) is 0 Å². The van der Waals surface area contributed by atoms with E-state index >= 15 is 0 Å². The zero-order chi connectivity index (χ0) is 16.6. The predicted octanol–water partition coefficient (Wildman–Crippen LogP) is 5.37. The third-order valence-electron chi connectivity index (χ3n) is 7.46. The molecule has 0 radical (unpaired) electrons. The molecule has 0 bridgehead atoms. The lowest BCUT2D eigenvalue weighted by Crippen LogP contribution is -2.38. The number of carbonyl (C=O) groups excluding carboxylic acids is 1. The van der Waals surface area contributed by atoms with E-state index < -0.39 is 0 Å². The maximum Gasteiger partial charge on any atom is 0.333 e. The molecule has 0 saturated heterocycles. The Morgan fingerprint density at radius 1 is 1.35 bits per heavy atom. The van der Waals surface area contributed by atoms with Crippen molar-refractivity contribution >= 4 is 5.97 Å². The maximum atomic E-state index is 11.4. The summed E-state index contributed by atoms with van der Waals surface area (Å²) in [5.41, 5.74) is 1.38. The van der Waals surface area contributed by atoms with E-state index in [9.17, 15) is 4.79 Å². The second kappa shape index (κ2) is 6.61. The van der Waals surface area contributed by atoms with Gasteiger partial charge in [0.1, 0.15) is 0 Å². The molecule has 2 aliphatic carbocycles. The van der Waals surface area contributed by atoms with E-state index in [1.807, 2.05) is 6.92 Å². The van der Waals surface area contributed by atoms with E-state index in [1.165, 1.54) is 44.9 Å². The molecule has 0 aromatic heterocycles. The van der Waals surface area contributed by atoms with Crippen molar-refractivity contribution in [1.29, 1.82) is 0 Å². The minimum Gasteiger partial charge on any atom is -0.462 e. The summed E-state index contributed by atoms with van der Waals surface area (Å²) in [6.07, 6.45) is 11.8. The molecular weight excluding hydrogens is 284 g/mol. The van der Waals surface area contributed by atoms with E-state index in [-0.39, 0.29) is 5.97 Å². The van der Waals surface area contributed by atoms with Crippen molar-refractivity contribution in [3.63, 3.8) is 0 Å². The van der Waals surface area contributed by atoms with Crippen LogP contribution in [0.3, 0.4) is 0 Å². The minimum atomic E-state index is -0.128. The summed E-state index contributed by atoms with van der Waals surface area (Å²) in [4.78, 5) is 11.4. The van der Waals surface area contributed by atoms with Gasteiger partial charge in [-0.25, -0.2) is 4.79 Å². The standard InChI is InChI=1S/C21H34O2/c1-14-6-5-11-21(4)18(14)9-10-19(21)15(2)7-8-17-12-16(3)20(22)23-13-17/h12,14-15,17-19H,5-11,13H2,1-4H3/t14-,15?,17?,18?,19+,21-/m0/s1. The molecule has 3 aliphatic rings. The molecular formula is C21H34O2. The number of cyclic esters (lactones) is 1. The van der Waals surface area contributed by atoms with Gasteiger partial charge in [-0.2, -0.15) is 0 Å². The van der Waals surface area contributed by atoms with Crippen molar-refractivity contribution in [1.82, 2.24) is 0 Å². The molecule has 0 spiro atoms. The van der Waals surface area contributed by atoms with Gasteiger partial charge in [0, 0.05) is 11.5 Å². The summed E-state index contributed by atoms with van der Waals surface area (Å²) >= 11 is 0. The first kappa shape index (κ1) is 17.0. The summed E-state index contributed by atoms with van der Waals surface area (Å²) in [5, 5.41) is 0. The lowest BCUT2D eigenvalue weighted by molar-refractivity contribution is -0.141. The lowest BCUT2D eigenvalue weighted by atomic mass is 9.59. The zero-order valence-corrected chi connectivity index (χ0v) is 15.4. The summed E-state index contributed by atoms with van der Waals surface area (Å²) in [6, 6.07) is 0. The largest absolute Gasteiger partial charge is 0.462 e. The van der Waals surface area contributed by atoms with Crippen LogP contribution in [0.2, 0.25) is 0 Å². The Balaban J connectivity index is 1.58. The van der Waals surface area contributed by atoms with E-state index in [4.69, 9.17) is 4.74 Å². The highest BCUT2D eigenvalue weighted by molar-refractivity contribution is 5.88. The third kappa shape index (κ3) is 3.23. The predicted molar refractivity (Wildman–Crippen MR) is 93.9 cm³/mol. The molecule has 0 aromatic rings. The van der Waals surface area contributed by atoms with E-state index in [1.54, 1.807) is 0 Å². The van der Waals surface area contributed by atoms with Crippen molar-refractivity contribution in [3.05, 3.63) is 11.6 Å². The van der Waals surface area contributed by atoms with Crippen LogP contribution in [0.15, 0.2) is 11.6 Å². The van der Waals surface area contributed by atoms with Crippen LogP contribution < -0.4 is 0 Å². The molecule has 23 heavy (non-hydrogen) atoms. The molecule has 1 aliphatic heterocycles. The fourth-order valence-electron chi connectivity index (χ4n) is 6.15. The van der Waals surface area contributed by atoms with Crippen LogP contribution in [0.1, 0.15) is 72.6 Å². The first-order valence-electron chi connectivity index (χ1n) is 9.77. The quantitative estimate of drug-likeness (QED) is 0.651. The molecule has 3 rings (SSSR count). The molecule has 0 amide bonds. The van der Waals surface area contributed by atoms with Gasteiger partial charge in [0.15, 0.2) is 0 Å². The van der Waals surface area contributed by atoms with E-state index in [0.717, 1.165) is 29.2 Å². The van der Waals surface area contributed by atoms with Gasteiger partial charge in [-0.15, -0.1) is 0 Å². The summed E-state index contributed by atoms with van der Waals surface area (Å²) in [7, 11) is 0. The zero-order valence-electron chi connectivity index (χ0n) is 15.4. The topological polar surface area (TPSA) is 26.3 Å². The van der Waals surface area contributed by atoms with Crippen LogP contribution in [0.5, 0.6) is 0 Å². The van der Waals surface area contributed by atoms with Crippen LogP contribution in [-0.4, -0.2) is 12.6 Å². The summed E-state index contributed by atoms with van der Waals surface area (Å²) < 4.78 is 5.27. The van der Waals surface area contributed by atoms with Gasteiger partial charge in [0.2, 0.25) is 0 Å². The number of carbonyl (C=O) groups is 1. The van der Waals surface area contributed by atoms with Crippen molar-refractivity contribution in [2.45, 2.75) is 72.6 Å². The van der Waals surface area contributed by atoms with Crippen LogP contribution in [0.4, 0.5) is 0 Å². The summed E-state index contributed by atoms with van der Waals surface area (Å²) in [6.45, 7) is 10.0. The lowest BCUT2D eigenvalue weighted by Gasteiger charge is -2.46. The minimum absolute atomic E-state index is 0.128. The van der Waals surface area contributed by atoms with Gasteiger partial charge in [-0.3, -0.25) is 0 Å². The van der Waals surface area contributed by atoms with Gasteiger partial charge < -0.3 is 4.74 Å². The Morgan fingerprint density at radius 3 is 2.87 bits per heavy atom. The van der Waals surface area contributed by atoms with Crippen LogP contribution in [0.25, 0.3) is 0 Å². The van der Waals surface area contributed by atoms with Crippen molar-refractivity contribution in [2.75, 3.05) is 6.61 Å². The second-order valence-corrected chi connectivity index (χ2v) is 8.93. The molecule has 0 aromatic carbocycles. The number of ether oxygens (including phenoxy) is 1. The van der Waals surface area contributed by atoms with Gasteiger partial charge in [-0.1, -0.05) is 39.7 Å². The Bertz CT molecular complexity index is 480. The van der Waals surface area contributed by atoms with E-state index in [0.29, 0.717) is 17.9 Å². The average Bonchev–Trinajstić information content (AvgIpc) is 2.87. The Hall–Kier alpha value is -0.790. The monoisotopic (exact) mass is 318 g/mol. The highest BCUT2D eigenvalue weighted by atomic mass is 16.5. The highest BCUT2D eigenvalue weighted by Crippen LogP contribution is 2.59. The van der Waals surface area contributed by atoms with Crippen LogP contribution in [0, 0.1) is 35.0 Å². The van der Waals surface area contributed by atoms with Gasteiger partial charge in [0.25, 0.3) is 0 Å². The fourth-order valence-corrected chi connectivity index (χ4v) is 6.15. The second-order valence-electron chi connectivity index (χ2n) is 8.93. The van der Waals surface area contributed by atoms with Crippen LogP contribution >= 0.6 is 0 Å². The number of fused-ring (bicyclic) bond motifs is 1. The van der Waals surface area contributed by atoms with Gasteiger partial charge in [0.05, 0.1) is 6.61 Å². The average molecular weight is 319 g/mol. The number of hydrogen-bond donors (Lipinski definition) is 0. The molecule has 3 unspecified atom stereocenters. The van der Waals surface area contributed by atoms with Crippen molar-refractivity contribution in [2.24, 2.45) is 35.0 Å². The third-order valence-corrected chi connectivity index (χ3v) is 7.46. The molecule has 2 nitrogen and oxygen atoms in total. The molecule has 2 heteroatoms. The normalized spacial score (nSPS) is 41.9. The highest BCUT2D eigenvalue weighted by Gasteiger charge is 2.51. The molecule has 2 fully saturated rings. The van der Waals surface area contributed by atoms with Gasteiger partial charge >= 0.3 is 5.97 Å². The molecule has 1 heterocycles. The smallest absolute Gasteiger partial charge is 0.333 e. The molecule has 0 N–H and O–H groups in total. The van der Waals surface area contributed by atoms with Gasteiger partial charge in [-0.05, 0) is 68.1 Å². The number of rotatable bonds is 4. The maximum absolute atomic E-state index is 11.4. The molecule has 2 saturated carbocycles. The first-order chi connectivity index (χ1) is 10.9. The Morgan fingerprint density at radius 2 is 2.13 bits per heavy atom.